The van der Waals surface area contributed by atoms with Gasteiger partial charge in [-0.05, 0) is 11.0 Å². The zero-order valence-electron chi connectivity index (χ0n) is 7.41. The minimum absolute atomic E-state index is 0.00793. The summed E-state index contributed by atoms with van der Waals surface area (Å²) in [5.41, 5.74) is 0.740. The van der Waals surface area contributed by atoms with Crippen molar-refractivity contribution in [1.29, 1.82) is 0 Å². The number of aromatic nitrogens is 2. The molecule has 0 atom stereocenters. The molecule has 0 saturated carbocycles. The number of nitrogens with zero attached hydrogens (tertiary/aromatic N) is 3. The summed E-state index contributed by atoms with van der Waals surface area (Å²) in [6, 6.07) is 5.37. The van der Waals surface area contributed by atoms with Gasteiger partial charge in [-0.1, -0.05) is 18.7 Å². The highest BCUT2D eigenvalue weighted by molar-refractivity contribution is 7.80. The molecular formula is C8H8N3O2S+. The molecule has 0 spiro atoms. The second-order valence-electron chi connectivity index (χ2n) is 2.89. The second-order valence-corrected chi connectivity index (χ2v) is 3.32. The molecule has 0 amide bonds. The van der Waals surface area contributed by atoms with Gasteiger partial charge in [0.1, 0.15) is 6.20 Å². The van der Waals surface area contributed by atoms with Crippen LogP contribution < -0.4 is 4.57 Å². The molecule has 2 heterocycles. The van der Waals surface area contributed by atoms with Crippen molar-refractivity contribution in [2.45, 2.75) is 5.03 Å². The lowest BCUT2D eigenvalue weighted by Crippen LogP contribution is -2.28. The molecule has 0 unspecified atom stereocenters. The maximum absolute atomic E-state index is 10.8. The van der Waals surface area contributed by atoms with Crippen LogP contribution in [0.15, 0.2) is 29.4 Å². The third-order valence-corrected chi connectivity index (χ3v) is 2.60. The Kier molecular flexibility index (Phi) is 1.92. The summed E-state index contributed by atoms with van der Waals surface area (Å²) in [7, 11) is 1.74. The molecular weight excluding hydrogens is 202 g/mol. The average molecular weight is 210 g/mol. The van der Waals surface area contributed by atoms with E-state index in [9.17, 15) is 10.1 Å². The summed E-state index contributed by atoms with van der Waals surface area (Å²) >= 11 is 4.11. The van der Waals surface area contributed by atoms with Gasteiger partial charge in [0, 0.05) is 6.07 Å². The first-order valence-corrected chi connectivity index (χ1v) is 4.40. The van der Waals surface area contributed by atoms with E-state index in [1.807, 2.05) is 6.07 Å². The van der Waals surface area contributed by atoms with Crippen LogP contribution in [-0.4, -0.2) is 9.32 Å². The maximum atomic E-state index is 10.8. The van der Waals surface area contributed by atoms with Gasteiger partial charge < -0.3 is 10.1 Å². The molecule has 5 nitrogen and oxygen atoms in total. The van der Waals surface area contributed by atoms with Gasteiger partial charge in [-0.15, -0.1) is 0 Å². The van der Waals surface area contributed by atoms with Crippen LogP contribution in [0.1, 0.15) is 0 Å². The fourth-order valence-corrected chi connectivity index (χ4v) is 1.71. The SMILES string of the molecule is C[n+]1c(S)c([N+](=O)[O-])n2ccccc21. The maximum Gasteiger partial charge on any atom is 0.384 e. The van der Waals surface area contributed by atoms with Crippen LogP contribution in [-0.2, 0) is 7.05 Å². The van der Waals surface area contributed by atoms with Crippen LogP contribution in [0.2, 0.25) is 0 Å². The van der Waals surface area contributed by atoms with E-state index in [-0.39, 0.29) is 5.82 Å². The minimum Gasteiger partial charge on any atom is -0.358 e. The largest absolute Gasteiger partial charge is 0.384 e. The standard InChI is InChI=1S/C8H7N3O2S/c1-9-6-4-2-3-5-10(6)7(8(9)14)11(12)13/h2-5H,1H3/p+1. The second kappa shape index (κ2) is 2.98. The summed E-state index contributed by atoms with van der Waals surface area (Å²) in [6.45, 7) is 0. The van der Waals surface area contributed by atoms with Gasteiger partial charge in [-0.2, -0.15) is 4.40 Å². The summed E-state index contributed by atoms with van der Waals surface area (Å²) < 4.78 is 3.17. The first kappa shape index (κ1) is 9.01. The molecule has 0 N–H and O–H groups in total. The predicted octanol–water partition coefficient (Wildman–Crippen LogP) is 0.961. The molecule has 0 bridgehead atoms. The Morgan fingerprint density at radius 3 is 2.93 bits per heavy atom. The Labute approximate surface area is 85.2 Å². The molecule has 0 radical (unpaired) electrons. The van der Waals surface area contributed by atoms with Gasteiger partial charge in [0.25, 0.3) is 10.7 Å². The van der Waals surface area contributed by atoms with Crippen LogP contribution in [0, 0.1) is 10.1 Å². The minimum atomic E-state index is -0.435. The highest BCUT2D eigenvalue weighted by Gasteiger charge is 2.25. The Bertz CT molecular complexity index is 521. The molecule has 14 heavy (non-hydrogen) atoms. The Balaban J connectivity index is 2.95. The summed E-state index contributed by atoms with van der Waals surface area (Å²) in [6.07, 6.45) is 1.65. The van der Waals surface area contributed by atoms with Gasteiger partial charge in [-0.3, -0.25) is 0 Å². The van der Waals surface area contributed by atoms with Gasteiger partial charge >= 0.3 is 5.82 Å². The summed E-state index contributed by atoms with van der Waals surface area (Å²) in [4.78, 5) is 10.3. The van der Waals surface area contributed by atoms with E-state index in [2.05, 4.69) is 12.6 Å². The molecule has 0 aliphatic carbocycles. The number of hydrogen-bond donors (Lipinski definition) is 1. The van der Waals surface area contributed by atoms with Crippen molar-refractivity contribution in [3.8, 4) is 0 Å². The van der Waals surface area contributed by atoms with E-state index < -0.39 is 4.92 Å². The lowest BCUT2D eigenvalue weighted by molar-refractivity contribution is -0.684. The van der Waals surface area contributed by atoms with Gasteiger partial charge in [0.05, 0.1) is 7.05 Å². The van der Waals surface area contributed by atoms with Crippen LogP contribution in [0.3, 0.4) is 0 Å². The van der Waals surface area contributed by atoms with Gasteiger partial charge in [0.2, 0.25) is 0 Å². The van der Waals surface area contributed by atoms with Crippen LogP contribution in [0.25, 0.3) is 5.65 Å². The number of rotatable bonds is 1. The zero-order valence-corrected chi connectivity index (χ0v) is 8.31. The Hall–Kier alpha value is -1.56. The highest BCUT2D eigenvalue weighted by atomic mass is 32.1. The molecule has 2 aromatic heterocycles. The Morgan fingerprint density at radius 2 is 2.29 bits per heavy atom. The van der Waals surface area contributed by atoms with E-state index in [0.29, 0.717) is 5.03 Å². The van der Waals surface area contributed by atoms with Crippen LogP contribution in [0.4, 0.5) is 5.82 Å². The normalized spacial score (nSPS) is 10.7. The van der Waals surface area contributed by atoms with Crippen molar-refractivity contribution in [2.24, 2.45) is 7.05 Å². The lowest BCUT2D eigenvalue weighted by atomic mass is 10.5. The molecule has 2 rings (SSSR count). The topological polar surface area (TPSA) is 51.4 Å². The number of aryl methyl sites for hydroxylation is 1. The number of pyridine rings is 1. The summed E-state index contributed by atoms with van der Waals surface area (Å²) in [5.74, 6) is -0.00793. The van der Waals surface area contributed by atoms with Crippen LogP contribution in [0.5, 0.6) is 0 Å². The lowest BCUT2D eigenvalue weighted by Gasteiger charge is -1.90. The van der Waals surface area contributed by atoms with Crippen molar-refractivity contribution < 1.29 is 9.49 Å². The van der Waals surface area contributed by atoms with E-state index >= 15 is 0 Å². The molecule has 0 aliphatic rings. The van der Waals surface area contributed by atoms with E-state index in [4.69, 9.17) is 0 Å². The molecule has 2 aromatic rings. The van der Waals surface area contributed by atoms with Crippen molar-refractivity contribution in [1.82, 2.24) is 4.40 Å². The van der Waals surface area contributed by atoms with Crippen molar-refractivity contribution in [3.63, 3.8) is 0 Å². The molecule has 0 fully saturated rings. The number of hydrogen-bond acceptors (Lipinski definition) is 3. The van der Waals surface area contributed by atoms with E-state index in [0.717, 1.165) is 5.65 Å². The average Bonchev–Trinajstić information content (AvgIpc) is 2.41. The smallest absolute Gasteiger partial charge is 0.358 e. The van der Waals surface area contributed by atoms with E-state index in [1.54, 1.807) is 29.9 Å². The molecule has 0 saturated heterocycles. The molecule has 0 aliphatic heterocycles. The molecule has 6 heteroatoms. The number of imidazole rings is 1. The number of thiol groups is 1. The van der Waals surface area contributed by atoms with Crippen molar-refractivity contribution in [3.05, 3.63) is 34.5 Å². The third-order valence-electron chi connectivity index (χ3n) is 2.10. The van der Waals surface area contributed by atoms with Crippen molar-refractivity contribution >= 4 is 24.1 Å². The zero-order chi connectivity index (χ0) is 10.3. The number of nitro groups is 1. The summed E-state index contributed by atoms with van der Waals surface area (Å²) in [5, 5.41) is 11.1. The highest BCUT2D eigenvalue weighted by Crippen LogP contribution is 2.20. The first-order valence-electron chi connectivity index (χ1n) is 3.95. The molecule has 72 valence electrons. The fraction of sp³-hybridized carbons (Fsp3) is 0.125. The monoisotopic (exact) mass is 210 g/mol. The fourth-order valence-electron chi connectivity index (χ4n) is 1.42. The van der Waals surface area contributed by atoms with Crippen molar-refractivity contribution in [2.75, 3.05) is 0 Å². The van der Waals surface area contributed by atoms with Gasteiger partial charge in [0.15, 0.2) is 0 Å². The number of fused-ring (bicyclic) bond motifs is 1. The van der Waals surface area contributed by atoms with Gasteiger partial charge in [-0.25, -0.2) is 4.57 Å². The first-order chi connectivity index (χ1) is 6.63. The quantitative estimate of drug-likeness (QED) is 0.330. The van der Waals surface area contributed by atoms with Crippen LogP contribution >= 0.6 is 12.6 Å². The molecule has 0 aromatic carbocycles. The predicted molar refractivity (Wildman–Crippen MR) is 52.5 cm³/mol. The third kappa shape index (κ3) is 1.07. The Morgan fingerprint density at radius 1 is 1.57 bits per heavy atom. The van der Waals surface area contributed by atoms with E-state index in [1.165, 1.54) is 4.40 Å².